The molecule has 3 rings (SSSR count). The van der Waals surface area contributed by atoms with Crippen LogP contribution in [0.3, 0.4) is 0 Å². The molecule has 1 heteroatoms. The number of fused-ring (bicyclic) bond motifs is 4. The van der Waals surface area contributed by atoms with Crippen LogP contribution in [0.25, 0.3) is 0 Å². The summed E-state index contributed by atoms with van der Waals surface area (Å²) in [7, 11) is 0. The first-order chi connectivity index (χ1) is 6.86. The van der Waals surface area contributed by atoms with Gasteiger partial charge in [0.25, 0.3) is 0 Å². The van der Waals surface area contributed by atoms with Crippen molar-refractivity contribution in [2.75, 3.05) is 0 Å². The summed E-state index contributed by atoms with van der Waals surface area (Å²) >= 11 is 0. The van der Waals surface area contributed by atoms with Crippen LogP contribution in [0.4, 0.5) is 0 Å². The first kappa shape index (κ1) is 9.21. The zero-order valence-electron chi connectivity index (χ0n) is 9.12. The van der Waals surface area contributed by atoms with Gasteiger partial charge in [0.05, 0.1) is 0 Å². The molecule has 3 fully saturated rings. The Balaban J connectivity index is 1.70. The minimum absolute atomic E-state index is 0.530. The van der Waals surface area contributed by atoms with E-state index in [1.54, 1.807) is 12.8 Å². The minimum atomic E-state index is 0.530. The van der Waals surface area contributed by atoms with Crippen molar-refractivity contribution in [2.24, 2.45) is 29.4 Å². The fraction of sp³-hybridized carbons (Fsp3) is 1.00. The van der Waals surface area contributed by atoms with E-state index in [9.17, 15) is 0 Å². The highest BCUT2D eigenvalue weighted by Gasteiger charge is 2.50. The second-order valence-corrected chi connectivity index (χ2v) is 5.85. The molecular formula is C13H23N. The summed E-state index contributed by atoms with van der Waals surface area (Å²) in [4.78, 5) is 0. The fourth-order valence-electron chi connectivity index (χ4n) is 4.55. The first-order valence-electron chi connectivity index (χ1n) is 6.62. The van der Waals surface area contributed by atoms with Gasteiger partial charge in [-0.15, -0.1) is 0 Å². The van der Waals surface area contributed by atoms with Crippen molar-refractivity contribution in [3.8, 4) is 0 Å². The molecule has 3 saturated carbocycles. The Bertz CT molecular complexity index is 191. The van der Waals surface area contributed by atoms with Crippen LogP contribution in [0.1, 0.15) is 51.4 Å². The lowest BCUT2D eigenvalue weighted by molar-refractivity contribution is -0.0566. The maximum absolute atomic E-state index is 6.08. The maximum Gasteiger partial charge on any atom is 0.00390 e. The molecule has 3 aliphatic carbocycles. The Morgan fingerprint density at radius 2 is 1.00 bits per heavy atom. The summed E-state index contributed by atoms with van der Waals surface area (Å²) in [5.41, 5.74) is 6.08. The molecule has 0 heterocycles. The van der Waals surface area contributed by atoms with Gasteiger partial charge in [0.15, 0.2) is 0 Å². The minimum Gasteiger partial charge on any atom is -0.328 e. The van der Waals surface area contributed by atoms with Crippen LogP contribution in [0, 0.1) is 23.7 Å². The lowest BCUT2D eigenvalue weighted by Gasteiger charge is -2.55. The standard InChI is InChI=1S/C13H23N/c14-9-5-7-12-10-3-1-2-4-11(10)13(12)8-6-9/h9-13H,1-8,14H2. The molecular weight excluding hydrogens is 170 g/mol. The SMILES string of the molecule is NC1CCC2C3CCCCC3C2CC1. The molecule has 0 aliphatic heterocycles. The molecule has 0 aromatic rings. The molecule has 0 spiro atoms. The summed E-state index contributed by atoms with van der Waals surface area (Å²) in [5, 5.41) is 0. The summed E-state index contributed by atoms with van der Waals surface area (Å²) in [5.74, 6) is 4.43. The van der Waals surface area contributed by atoms with Crippen molar-refractivity contribution in [1.82, 2.24) is 0 Å². The molecule has 1 nitrogen and oxygen atoms in total. The molecule has 0 amide bonds. The molecule has 0 aromatic carbocycles. The summed E-state index contributed by atoms with van der Waals surface area (Å²) in [6, 6.07) is 0.530. The number of nitrogens with two attached hydrogens (primary N) is 1. The molecule has 4 atom stereocenters. The van der Waals surface area contributed by atoms with Crippen molar-refractivity contribution in [3.05, 3.63) is 0 Å². The van der Waals surface area contributed by atoms with Crippen LogP contribution in [-0.2, 0) is 0 Å². The quantitative estimate of drug-likeness (QED) is 0.629. The van der Waals surface area contributed by atoms with Crippen molar-refractivity contribution < 1.29 is 0 Å². The van der Waals surface area contributed by atoms with Gasteiger partial charge in [-0.25, -0.2) is 0 Å². The third kappa shape index (κ3) is 1.32. The molecule has 0 bridgehead atoms. The first-order valence-corrected chi connectivity index (χ1v) is 6.62. The topological polar surface area (TPSA) is 26.0 Å². The van der Waals surface area contributed by atoms with E-state index in [0.717, 1.165) is 23.7 Å². The highest BCUT2D eigenvalue weighted by molar-refractivity contribution is 5.00. The monoisotopic (exact) mass is 193 g/mol. The zero-order chi connectivity index (χ0) is 9.54. The number of hydrogen-bond donors (Lipinski definition) is 1. The molecule has 4 unspecified atom stereocenters. The second-order valence-electron chi connectivity index (χ2n) is 5.85. The molecule has 2 N–H and O–H groups in total. The van der Waals surface area contributed by atoms with Gasteiger partial charge in [0.1, 0.15) is 0 Å². The van der Waals surface area contributed by atoms with Gasteiger partial charge in [-0.05, 0) is 62.2 Å². The average Bonchev–Trinajstić information content (AvgIpc) is 2.34. The third-order valence-electron chi connectivity index (χ3n) is 5.27. The van der Waals surface area contributed by atoms with E-state index in [1.165, 1.54) is 38.5 Å². The predicted octanol–water partition coefficient (Wildman–Crippen LogP) is 2.94. The van der Waals surface area contributed by atoms with Gasteiger partial charge in [-0.2, -0.15) is 0 Å². The van der Waals surface area contributed by atoms with E-state index in [4.69, 9.17) is 5.73 Å². The summed E-state index contributed by atoms with van der Waals surface area (Å²) in [6.07, 6.45) is 11.6. The van der Waals surface area contributed by atoms with E-state index >= 15 is 0 Å². The van der Waals surface area contributed by atoms with Gasteiger partial charge in [-0.1, -0.05) is 12.8 Å². The van der Waals surface area contributed by atoms with Crippen molar-refractivity contribution in [3.63, 3.8) is 0 Å². The van der Waals surface area contributed by atoms with Crippen LogP contribution in [-0.4, -0.2) is 6.04 Å². The van der Waals surface area contributed by atoms with E-state index in [2.05, 4.69) is 0 Å². The van der Waals surface area contributed by atoms with Crippen LogP contribution >= 0.6 is 0 Å². The molecule has 0 radical (unpaired) electrons. The normalized spacial score (nSPS) is 52.5. The fourth-order valence-corrected chi connectivity index (χ4v) is 4.55. The van der Waals surface area contributed by atoms with Crippen LogP contribution in [0.15, 0.2) is 0 Å². The van der Waals surface area contributed by atoms with Gasteiger partial charge in [-0.3, -0.25) is 0 Å². The van der Waals surface area contributed by atoms with Crippen molar-refractivity contribution in [1.29, 1.82) is 0 Å². The van der Waals surface area contributed by atoms with E-state index in [-0.39, 0.29) is 0 Å². The Morgan fingerprint density at radius 1 is 0.571 bits per heavy atom. The Morgan fingerprint density at radius 3 is 1.50 bits per heavy atom. The molecule has 3 aliphatic rings. The van der Waals surface area contributed by atoms with Gasteiger partial charge in [0.2, 0.25) is 0 Å². The van der Waals surface area contributed by atoms with Gasteiger partial charge in [0, 0.05) is 6.04 Å². The smallest absolute Gasteiger partial charge is 0.00390 e. The van der Waals surface area contributed by atoms with E-state index in [1.807, 2.05) is 0 Å². The second kappa shape index (κ2) is 3.52. The predicted molar refractivity (Wildman–Crippen MR) is 58.9 cm³/mol. The molecule has 14 heavy (non-hydrogen) atoms. The number of rotatable bonds is 0. The van der Waals surface area contributed by atoms with E-state index in [0.29, 0.717) is 6.04 Å². The number of hydrogen-bond acceptors (Lipinski definition) is 1. The highest BCUT2D eigenvalue weighted by Crippen LogP contribution is 2.58. The zero-order valence-corrected chi connectivity index (χ0v) is 9.12. The highest BCUT2D eigenvalue weighted by atomic mass is 14.7. The molecule has 0 aromatic heterocycles. The van der Waals surface area contributed by atoms with E-state index < -0.39 is 0 Å². The Hall–Kier alpha value is -0.0400. The van der Waals surface area contributed by atoms with Gasteiger partial charge >= 0.3 is 0 Å². The summed E-state index contributed by atoms with van der Waals surface area (Å²) < 4.78 is 0. The Labute approximate surface area is 87.4 Å². The van der Waals surface area contributed by atoms with Crippen LogP contribution < -0.4 is 5.73 Å². The lowest BCUT2D eigenvalue weighted by Crippen LogP contribution is -2.47. The summed E-state index contributed by atoms with van der Waals surface area (Å²) in [6.45, 7) is 0. The molecule has 80 valence electrons. The van der Waals surface area contributed by atoms with Crippen molar-refractivity contribution in [2.45, 2.75) is 57.4 Å². The lowest BCUT2D eigenvalue weighted by atomic mass is 9.50. The average molecular weight is 193 g/mol. The largest absolute Gasteiger partial charge is 0.328 e. The molecule has 0 saturated heterocycles. The van der Waals surface area contributed by atoms with Gasteiger partial charge < -0.3 is 5.73 Å². The van der Waals surface area contributed by atoms with Crippen LogP contribution in [0.5, 0.6) is 0 Å². The van der Waals surface area contributed by atoms with Crippen molar-refractivity contribution >= 4 is 0 Å². The van der Waals surface area contributed by atoms with Crippen LogP contribution in [0.2, 0.25) is 0 Å². The third-order valence-corrected chi connectivity index (χ3v) is 5.27. The maximum atomic E-state index is 6.08. The Kier molecular flexibility index (Phi) is 2.31.